The zero-order valence-corrected chi connectivity index (χ0v) is 16.0. The maximum atomic E-state index is 14.4. The number of benzene rings is 2. The van der Waals surface area contributed by atoms with Crippen molar-refractivity contribution < 1.29 is 28.2 Å². The van der Waals surface area contributed by atoms with Gasteiger partial charge < -0.3 is 15.2 Å². The molecule has 0 radical (unpaired) electrons. The van der Waals surface area contributed by atoms with Crippen molar-refractivity contribution in [2.24, 2.45) is 0 Å². The van der Waals surface area contributed by atoms with E-state index < -0.39 is 29.4 Å². The van der Waals surface area contributed by atoms with Crippen LogP contribution < -0.4 is 10.1 Å². The second-order valence-corrected chi connectivity index (χ2v) is 7.60. The van der Waals surface area contributed by atoms with E-state index in [1.165, 1.54) is 7.11 Å². The van der Waals surface area contributed by atoms with Gasteiger partial charge >= 0.3 is 5.97 Å². The van der Waals surface area contributed by atoms with Crippen LogP contribution in [0.25, 0.3) is 11.1 Å². The highest BCUT2D eigenvalue weighted by molar-refractivity contribution is 7.15. The minimum Gasteiger partial charge on any atom is -0.497 e. The van der Waals surface area contributed by atoms with E-state index in [0.29, 0.717) is 27.4 Å². The third kappa shape index (κ3) is 3.36. The zero-order valence-electron chi connectivity index (χ0n) is 15.2. The second kappa shape index (κ2) is 7.29. The van der Waals surface area contributed by atoms with Gasteiger partial charge in [0.15, 0.2) is 0 Å². The number of rotatable bonds is 4. The molecule has 0 saturated carbocycles. The number of carbonyl (C=O) groups is 2. The Kier molecular flexibility index (Phi) is 4.79. The molecule has 0 bridgehead atoms. The minimum absolute atomic E-state index is 0.0178. The molecule has 1 atom stereocenters. The molecule has 0 spiro atoms. The molecular weight excluding hydrogens is 400 g/mol. The number of aromatic carboxylic acids is 1. The van der Waals surface area contributed by atoms with Crippen molar-refractivity contribution in [2.45, 2.75) is 12.3 Å². The first kappa shape index (κ1) is 19.1. The van der Waals surface area contributed by atoms with Crippen LogP contribution in [0.5, 0.6) is 5.75 Å². The second-order valence-electron chi connectivity index (χ2n) is 6.55. The van der Waals surface area contributed by atoms with Gasteiger partial charge in [0.25, 0.3) is 0 Å². The maximum Gasteiger partial charge on any atom is 0.346 e. The molecule has 0 unspecified atom stereocenters. The molecule has 2 N–H and O–H groups in total. The van der Waals surface area contributed by atoms with E-state index in [-0.39, 0.29) is 16.9 Å². The third-order valence-corrected chi connectivity index (χ3v) is 6.10. The lowest BCUT2D eigenvalue weighted by Crippen LogP contribution is -2.23. The summed E-state index contributed by atoms with van der Waals surface area (Å²) < 4.78 is 33.3. The van der Waals surface area contributed by atoms with Gasteiger partial charge in [0.2, 0.25) is 5.91 Å². The number of carboxylic acids is 1. The Labute approximate surface area is 168 Å². The molecule has 1 aliphatic rings. The number of halogens is 2. The van der Waals surface area contributed by atoms with Crippen LogP contribution in [-0.4, -0.2) is 24.1 Å². The number of ether oxygens (including phenoxy) is 1. The quantitative estimate of drug-likeness (QED) is 0.637. The van der Waals surface area contributed by atoms with Gasteiger partial charge in [0.1, 0.15) is 22.3 Å². The van der Waals surface area contributed by atoms with E-state index in [1.54, 1.807) is 24.3 Å². The Hall–Kier alpha value is -3.26. The summed E-state index contributed by atoms with van der Waals surface area (Å²) in [5, 5.41) is 12.5. The van der Waals surface area contributed by atoms with Gasteiger partial charge in [-0.05, 0) is 41.5 Å². The molecule has 29 heavy (non-hydrogen) atoms. The lowest BCUT2D eigenvalue weighted by molar-refractivity contribution is -0.116. The van der Waals surface area contributed by atoms with E-state index in [4.69, 9.17) is 4.74 Å². The number of amides is 1. The number of thiophene rings is 1. The summed E-state index contributed by atoms with van der Waals surface area (Å²) in [5.41, 5.74) is 1.26. The normalized spacial score (nSPS) is 15.6. The van der Waals surface area contributed by atoms with Crippen LogP contribution >= 0.6 is 11.3 Å². The number of methoxy groups -OCH3 is 1. The molecule has 2 heterocycles. The third-order valence-electron chi connectivity index (χ3n) is 4.81. The largest absolute Gasteiger partial charge is 0.497 e. The Balaban J connectivity index is 1.93. The van der Waals surface area contributed by atoms with Gasteiger partial charge in [-0.15, -0.1) is 11.3 Å². The van der Waals surface area contributed by atoms with Crippen molar-refractivity contribution in [2.75, 3.05) is 12.4 Å². The first-order valence-electron chi connectivity index (χ1n) is 8.68. The van der Waals surface area contributed by atoms with Crippen molar-refractivity contribution in [3.05, 3.63) is 69.4 Å². The molecule has 3 aromatic rings. The van der Waals surface area contributed by atoms with Gasteiger partial charge in [0, 0.05) is 22.8 Å². The average molecular weight is 415 g/mol. The van der Waals surface area contributed by atoms with E-state index in [2.05, 4.69) is 5.32 Å². The van der Waals surface area contributed by atoms with Crippen LogP contribution in [0.15, 0.2) is 42.5 Å². The van der Waals surface area contributed by atoms with Gasteiger partial charge in [-0.25, -0.2) is 13.6 Å². The van der Waals surface area contributed by atoms with E-state index >= 15 is 0 Å². The van der Waals surface area contributed by atoms with Crippen molar-refractivity contribution in [3.63, 3.8) is 0 Å². The van der Waals surface area contributed by atoms with Crippen molar-refractivity contribution >= 4 is 28.9 Å². The fourth-order valence-electron chi connectivity index (χ4n) is 3.50. The molecule has 5 nitrogen and oxygen atoms in total. The number of nitrogens with one attached hydrogen (secondary N) is 1. The number of carbonyl (C=O) groups excluding carboxylic acids is 1. The number of carboxylic acid groups (broad SMARTS) is 1. The van der Waals surface area contributed by atoms with Crippen LogP contribution in [0.2, 0.25) is 0 Å². The van der Waals surface area contributed by atoms with Crippen molar-refractivity contribution in [3.8, 4) is 16.9 Å². The highest BCUT2D eigenvalue weighted by Gasteiger charge is 2.35. The Morgan fingerprint density at radius 1 is 1.21 bits per heavy atom. The van der Waals surface area contributed by atoms with E-state index in [9.17, 15) is 23.5 Å². The number of hydrogen-bond donors (Lipinski definition) is 2. The predicted molar refractivity (Wildman–Crippen MR) is 105 cm³/mol. The predicted octanol–water partition coefficient (Wildman–Crippen LogP) is 4.87. The highest BCUT2D eigenvalue weighted by atomic mass is 32.1. The van der Waals surface area contributed by atoms with Crippen LogP contribution in [-0.2, 0) is 4.79 Å². The zero-order chi connectivity index (χ0) is 20.7. The molecule has 148 valence electrons. The summed E-state index contributed by atoms with van der Waals surface area (Å²) in [4.78, 5) is 24.8. The molecule has 0 saturated heterocycles. The molecule has 1 aliphatic heterocycles. The smallest absolute Gasteiger partial charge is 0.346 e. The molecule has 1 aromatic heterocycles. The lowest BCUT2D eigenvalue weighted by atomic mass is 9.88. The summed E-state index contributed by atoms with van der Waals surface area (Å²) in [6, 6.07) is 9.79. The van der Waals surface area contributed by atoms with Crippen LogP contribution in [0, 0.1) is 11.6 Å². The average Bonchev–Trinajstić information content (AvgIpc) is 3.09. The minimum atomic E-state index is -1.16. The van der Waals surface area contributed by atoms with Crippen LogP contribution in [0.1, 0.15) is 32.5 Å². The lowest BCUT2D eigenvalue weighted by Gasteiger charge is -2.24. The molecule has 4 rings (SSSR count). The fourth-order valence-corrected chi connectivity index (χ4v) is 4.74. The topological polar surface area (TPSA) is 75.6 Å². The van der Waals surface area contributed by atoms with Gasteiger partial charge in [0.05, 0.1) is 12.8 Å². The molecule has 0 fully saturated rings. The molecule has 1 amide bonds. The monoisotopic (exact) mass is 415 g/mol. The van der Waals surface area contributed by atoms with Crippen molar-refractivity contribution in [1.82, 2.24) is 0 Å². The molecule has 0 aliphatic carbocycles. The standard InChI is InChI=1S/C21H15F2NO4S/c1-28-12-5-2-10(3-6-12)17-18-19(29-20(17)21(26)27)14(9-16(25)24-18)13-8-11(22)4-7-15(13)23/h2-8,14H,9H2,1H3,(H,24,25)(H,26,27)/t14-/m1/s1. The van der Waals surface area contributed by atoms with Crippen LogP contribution in [0.3, 0.4) is 0 Å². The van der Waals surface area contributed by atoms with Gasteiger partial charge in [-0.1, -0.05) is 12.1 Å². The fraction of sp³-hybridized carbons (Fsp3) is 0.143. The Morgan fingerprint density at radius 2 is 1.93 bits per heavy atom. The Morgan fingerprint density at radius 3 is 2.59 bits per heavy atom. The number of fused-ring (bicyclic) bond motifs is 1. The highest BCUT2D eigenvalue weighted by Crippen LogP contribution is 2.49. The Bertz CT molecular complexity index is 1120. The number of hydrogen-bond acceptors (Lipinski definition) is 4. The molecular formula is C21H15F2NO4S. The van der Waals surface area contributed by atoms with Crippen molar-refractivity contribution in [1.29, 1.82) is 0 Å². The van der Waals surface area contributed by atoms with E-state index in [0.717, 1.165) is 29.5 Å². The SMILES string of the molecule is COc1ccc(-c2c(C(=O)O)sc3c2NC(=O)C[C@@H]3c2cc(F)ccc2F)cc1. The van der Waals surface area contributed by atoms with Crippen LogP contribution in [0.4, 0.5) is 14.5 Å². The maximum absolute atomic E-state index is 14.4. The summed E-state index contributed by atoms with van der Waals surface area (Å²) >= 11 is 0.960. The summed E-state index contributed by atoms with van der Waals surface area (Å²) in [5.74, 6) is -3.01. The summed E-state index contributed by atoms with van der Waals surface area (Å²) in [6.07, 6.45) is -0.102. The first-order valence-corrected chi connectivity index (χ1v) is 9.50. The summed E-state index contributed by atoms with van der Waals surface area (Å²) in [6.45, 7) is 0. The first-order chi connectivity index (χ1) is 13.9. The van der Waals surface area contributed by atoms with Gasteiger partial charge in [-0.2, -0.15) is 0 Å². The molecule has 2 aromatic carbocycles. The summed E-state index contributed by atoms with van der Waals surface area (Å²) in [7, 11) is 1.52. The van der Waals surface area contributed by atoms with E-state index in [1.807, 2.05) is 0 Å². The number of anilines is 1. The molecule has 8 heteroatoms. The van der Waals surface area contributed by atoms with Gasteiger partial charge in [-0.3, -0.25) is 4.79 Å².